The van der Waals surface area contributed by atoms with Crippen LogP contribution in [0, 0.1) is 17.1 Å². The molecule has 1 N–H and O–H groups in total. The maximum absolute atomic E-state index is 12.8. The summed E-state index contributed by atoms with van der Waals surface area (Å²) in [5.74, 6) is 0.249. The Bertz CT molecular complexity index is 890. The third-order valence-corrected chi connectivity index (χ3v) is 3.31. The van der Waals surface area contributed by atoms with Crippen molar-refractivity contribution in [3.05, 3.63) is 78.0 Å². The number of benzene rings is 1. The molecule has 0 radical (unpaired) electrons. The maximum Gasteiger partial charge on any atom is 0.171 e. The van der Waals surface area contributed by atoms with Crippen LogP contribution in [0.5, 0.6) is 0 Å². The van der Waals surface area contributed by atoms with Gasteiger partial charge in [-0.25, -0.2) is 14.1 Å². The highest BCUT2D eigenvalue weighted by atomic mass is 19.1. The number of rotatable bonds is 5. The molecule has 0 aliphatic heterocycles. The van der Waals surface area contributed by atoms with Crippen molar-refractivity contribution in [1.82, 2.24) is 14.8 Å². The van der Waals surface area contributed by atoms with Crippen molar-refractivity contribution in [3.63, 3.8) is 0 Å². The molecule has 2 heterocycles. The van der Waals surface area contributed by atoms with Crippen LogP contribution >= 0.6 is 0 Å². The Balaban J connectivity index is 1.62. The minimum absolute atomic E-state index is 0.246. The van der Waals surface area contributed by atoms with Crippen LogP contribution in [0.1, 0.15) is 11.1 Å². The fourth-order valence-electron chi connectivity index (χ4n) is 2.14. The highest BCUT2D eigenvalue weighted by molar-refractivity contribution is 5.51. The van der Waals surface area contributed by atoms with E-state index >= 15 is 0 Å². The SMILES string of the molecule is N#Cc1cccnc1-n1cc(NCC=Cc2ccc(F)cc2)cn1. The number of nitrogens with one attached hydrogen (secondary N) is 1. The van der Waals surface area contributed by atoms with E-state index in [-0.39, 0.29) is 5.82 Å². The lowest BCUT2D eigenvalue weighted by Crippen LogP contribution is -2.01. The Morgan fingerprint density at radius 3 is 2.88 bits per heavy atom. The van der Waals surface area contributed by atoms with Gasteiger partial charge in [0.05, 0.1) is 23.6 Å². The molecule has 2 aromatic heterocycles. The molecule has 5 nitrogen and oxygen atoms in total. The van der Waals surface area contributed by atoms with Crippen molar-refractivity contribution in [1.29, 1.82) is 5.26 Å². The first-order valence-corrected chi connectivity index (χ1v) is 7.32. The Hall–Kier alpha value is -3.46. The van der Waals surface area contributed by atoms with Crippen LogP contribution in [0.3, 0.4) is 0 Å². The van der Waals surface area contributed by atoms with Gasteiger partial charge in [0, 0.05) is 12.7 Å². The number of pyridine rings is 1. The number of halogens is 1. The first kappa shape index (κ1) is 15.4. The summed E-state index contributed by atoms with van der Waals surface area (Å²) in [6.07, 6.45) is 8.91. The fraction of sp³-hybridized carbons (Fsp3) is 0.0556. The lowest BCUT2D eigenvalue weighted by atomic mass is 10.2. The van der Waals surface area contributed by atoms with E-state index < -0.39 is 0 Å². The Morgan fingerprint density at radius 2 is 2.08 bits per heavy atom. The minimum Gasteiger partial charge on any atom is -0.379 e. The van der Waals surface area contributed by atoms with Gasteiger partial charge < -0.3 is 5.32 Å². The average Bonchev–Trinajstić information content (AvgIpc) is 3.09. The van der Waals surface area contributed by atoms with Gasteiger partial charge in [-0.15, -0.1) is 0 Å². The molecule has 3 aromatic rings. The molecular formula is C18H14FN5. The van der Waals surface area contributed by atoms with Crippen molar-refractivity contribution < 1.29 is 4.39 Å². The van der Waals surface area contributed by atoms with Crippen molar-refractivity contribution in [2.24, 2.45) is 0 Å². The molecule has 0 fully saturated rings. The number of anilines is 1. The molecular weight excluding hydrogens is 305 g/mol. The van der Waals surface area contributed by atoms with Gasteiger partial charge in [-0.3, -0.25) is 0 Å². The van der Waals surface area contributed by atoms with Crippen molar-refractivity contribution in [3.8, 4) is 11.9 Å². The number of nitriles is 1. The smallest absolute Gasteiger partial charge is 0.171 e. The number of hydrogen-bond donors (Lipinski definition) is 1. The second-order valence-corrected chi connectivity index (χ2v) is 4.99. The molecule has 24 heavy (non-hydrogen) atoms. The predicted molar refractivity (Wildman–Crippen MR) is 90.0 cm³/mol. The molecule has 3 rings (SSSR count). The molecule has 1 aromatic carbocycles. The lowest BCUT2D eigenvalue weighted by molar-refractivity contribution is 0.628. The quantitative estimate of drug-likeness (QED) is 0.782. The van der Waals surface area contributed by atoms with Crippen LogP contribution in [-0.4, -0.2) is 21.3 Å². The first-order chi connectivity index (χ1) is 11.8. The van der Waals surface area contributed by atoms with Crippen LogP contribution in [0.4, 0.5) is 10.1 Å². The molecule has 0 amide bonds. The maximum atomic E-state index is 12.8. The second-order valence-electron chi connectivity index (χ2n) is 4.99. The third-order valence-electron chi connectivity index (χ3n) is 3.31. The molecule has 6 heteroatoms. The van der Waals surface area contributed by atoms with E-state index in [9.17, 15) is 4.39 Å². The van der Waals surface area contributed by atoms with E-state index in [2.05, 4.69) is 21.5 Å². The van der Waals surface area contributed by atoms with Crippen LogP contribution in [0.25, 0.3) is 11.9 Å². The second kappa shape index (κ2) is 7.20. The molecule has 0 saturated heterocycles. The standard InChI is InChI=1S/C18H14FN5/c19-16-7-5-14(6-8-16)3-1-9-21-17-12-23-24(13-17)18-15(11-20)4-2-10-22-18/h1-8,10,12-13,21H,9H2. The van der Waals surface area contributed by atoms with Gasteiger partial charge >= 0.3 is 0 Å². The summed E-state index contributed by atoms with van der Waals surface area (Å²) in [5.41, 5.74) is 2.21. The third kappa shape index (κ3) is 3.65. The Labute approximate surface area is 138 Å². The Kier molecular flexibility index (Phi) is 4.63. The van der Waals surface area contributed by atoms with Crippen LogP contribution in [0.15, 0.2) is 61.1 Å². The van der Waals surface area contributed by atoms with Gasteiger partial charge in [0.15, 0.2) is 5.82 Å². The molecule has 0 aliphatic carbocycles. The van der Waals surface area contributed by atoms with Gasteiger partial charge in [0.1, 0.15) is 11.9 Å². The molecule has 0 atom stereocenters. The molecule has 0 saturated carbocycles. The van der Waals surface area contributed by atoms with E-state index in [1.165, 1.54) is 12.1 Å². The fourth-order valence-corrected chi connectivity index (χ4v) is 2.14. The zero-order valence-corrected chi connectivity index (χ0v) is 12.7. The Morgan fingerprint density at radius 1 is 1.25 bits per heavy atom. The first-order valence-electron chi connectivity index (χ1n) is 7.32. The van der Waals surface area contributed by atoms with Gasteiger partial charge in [0.25, 0.3) is 0 Å². The minimum atomic E-state index is -0.246. The normalized spacial score (nSPS) is 10.7. The monoisotopic (exact) mass is 319 g/mol. The highest BCUT2D eigenvalue weighted by Crippen LogP contribution is 2.13. The van der Waals surface area contributed by atoms with E-state index in [1.54, 1.807) is 47.5 Å². The molecule has 0 aliphatic rings. The number of hydrogen-bond acceptors (Lipinski definition) is 4. The summed E-state index contributed by atoms with van der Waals surface area (Å²) in [7, 11) is 0. The molecule has 0 bridgehead atoms. The van der Waals surface area contributed by atoms with Crippen molar-refractivity contribution in [2.75, 3.05) is 11.9 Å². The summed E-state index contributed by atoms with van der Waals surface area (Å²) >= 11 is 0. The number of nitrogens with zero attached hydrogens (tertiary/aromatic N) is 4. The van der Waals surface area contributed by atoms with E-state index in [4.69, 9.17) is 5.26 Å². The van der Waals surface area contributed by atoms with E-state index in [1.807, 2.05) is 12.2 Å². The van der Waals surface area contributed by atoms with Gasteiger partial charge in [0.2, 0.25) is 0 Å². The highest BCUT2D eigenvalue weighted by Gasteiger charge is 2.06. The topological polar surface area (TPSA) is 66.5 Å². The van der Waals surface area contributed by atoms with E-state index in [0.717, 1.165) is 11.3 Å². The summed E-state index contributed by atoms with van der Waals surface area (Å²) in [6, 6.07) is 11.8. The van der Waals surface area contributed by atoms with Crippen LogP contribution in [-0.2, 0) is 0 Å². The van der Waals surface area contributed by atoms with Crippen LogP contribution < -0.4 is 5.32 Å². The van der Waals surface area contributed by atoms with Crippen molar-refractivity contribution >= 4 is 11.8 Å². The zero-order chi connectivity index (χ0) is 16.8. The zero-order valence-electron chi connectivity index (χ0n) is 12.7. The predicted octanol–water partition coefficient (Wildman–Crippen LogP) is 3.40. The number of aromatic nitrogens is 3. The summed E-state index contributed by atoms with van der Waals surface area (Å²) in [4.78, 5) is 4.18. The lowest BCUT2D eigenvalue weighted by Gasteiger charge is -2.01. The molecule has 0 spiro atoms. The summed E-state index contributed by atoms with van der Waals surface area (Å²) in [6.45, 7) is 0.594. The molecule has 0 unspecified atom stereocenters. The average molecular weight is 319 g/mol. The molecule has 118 valence electrons. The van der Waals surface area contributed by atoms with E-state index in [0.29, 0.717) is 17.9 Å². The summed E-state index contributed by atoms with van der Waals surface area (Å²) < 4.78 is 14.4. The van der Waals surface area contributed by atoms with Gasteiger partial charge in [-0.05, 0) is 29.8 Å². The van der Waals surface area contributed by atoms with Gasteiger partial charge in [-0.1, -0.05) is 24.3 Å². The summed E-state index contributed by atoms with van der Waals surface area (Å²) in [5, 5.41) is 16.5. The van der Waals surface area contributed by atoms with Crippen LogP contribution in [0.2, 0.25) is 0 Å². The van der Waals surface area contributed by atoms with Gasteiger partial charge in [-0.2, -0.15) is 10.4 Å². The van der Waals surface area contributed by atoms with Crippen molar-refractivity contribution in [2.45, 2.75) is 0 Å². The largest absolute Gasteiger partial charge is 0.379 e.